The first-order valence-electron chi connectivity index (χ1n) is 11.4. The molecule has 2 aromatic heterocycles. The van der Waals surface area contributed by atoms with Crippen molar-refractivity contribution in [1.82, 2.24) is 14.5 Å². The molecule has 3 aromatic rings. The summed E-state index contributed by atoms with van der Waals surface area (Å²) in [6.07, 6.45) is 0.873. The highest BCUT2D eigenvalue weighted by atomic mass is 35.5. The monoisotopic (exact) mass is 533 g/mol. The summed E-state index contributed by atoms with van der Waals surface area (Å²) >= 11 is 5.71. The number of ether oxygens (including phenoxy) is 1. The van der Waals surface area contributed by atoms with E-state index in [9.17, 15) is 23.2 Å². The van der Waals surface area contributed by atoms with Crippen molar-refractivity contribution in [3.63, 3.8) is 0 Å². The highest BCUT2D eigenvalue weighted by molar-refractivity contribution is 6.31. The first-order valence-corrected chi connectivity index (χ1v) is 11.8. The number of benzene rings is 1. The Morgan fingerprint density at radius 3 is 2.54 bits per heavy atom. The van der Waals surface area contributed by atoms with E-state index in [1.54, 1.807) is 38.5 Å². The number of pyridine rings is 1. The van der Waals surface area contributed by atoms with Crippen LogP contribution in [0.25, 0.3) is 11.0 Å². The minimum Gasteiger partial charge on any atom is -0.443 e. The van der Waals surface area contributed by atoms with Crippen molar-refractivity contribution in [2.75, 3.05) is 23.4 Å². The predicted molar refractivity (Wildman–Crippen MR) is 135 cm³/mol. The maximum absolute atomic E-state index is 14.7. The van der Waals surface area contributed by atoms with E-state index >= 15 is 0 Å². The van der Waals surface area contributed by atoms with Crippen LogP contribution in [0.1, 0.15) is 26.3 Å². The zero-order valence-electron chi connectivity index (χ0n) is 21.2. The molecule has 9 nitrogen and oxygen atoms in total. The second-order valence-electron chi connectivity index (χ2n) is 9.81. The average molecular weight is 534 g/mol. The van der Waals surface area contributed by atoms with Crippen LogP contribution in [-0.4, -0.2) is 57.7 Å². The van der Waals surface area contributed by atoms with Crippen LogP contribution in [0.2, 0.25) is 5.02 Å². The fourth-order valence-electron chi connectivity index (χ4n) is 4.13. The molecule has 1 aromatic carbocycles. The van der Waals surface area contributed by atoms with Crippen LogP contribution >= 0.6 is 11.6 Å². The van der Waals surface area contributed by atoms with Crippen molar-refractivity contribution in [1.29, 1.82) is 0 Å². The quantitative estimate of drug-likeness (QED) is 0.441. The number of urea groups is 1. The third-order valence-corrected chi connectivity index (χ3v) is 6.33. The summed E-state index contributed by atoms with van der Waals surface area (Å²) in [6, 6.07) is 3.41. The van der Waals surface area contributed by atoms with Crippen molar-refractivity contribution in [3.05, 3.63) is 52.7 Å². The molecule has 4 amide bonds. The van der Waals surface area contributed by atoms with Gasteiger partial charge >= 0.3 is 12.1 Å². The fraction of sp³-hybridized carbons (Fsp3) is 0.360. The van der Waals surface area contributed by atoms with Crippen LogP contribution in [0.3, 0.4) is 0 Å². The first kappa shape index (κ1) is 26.3. The number of anilines is 2. The van der Waals surface area contributed by atoms with E-state index in [0.29, 0.717) is 5.65 Å². The van der Waals surface area contributed by atoms with Gasteiger partial charge in [-0.25, -0.2) is 28.3 Å². The van der Waals surface area contributed by atoms with Gasteiger partial charge in [-0.15, -0.1) is 0 Å². The summed E-state index contributed by atoms with van der Waals surface area (Å²) in [5.41, 5.74) is 0.169. The molecule has 1 atom stereocenters. The Kier molecular flexibility index (Phi) is 6.61. The normalized spacial score (nSPS) is 16.0. The van der Waals surface area contributed by atoms with E-state index < -0.39 is 46.3 Å². The maximum Gasteiger partial charge on any atom is 0.418 e. The smallest absolute Gasteiger partial charge is 0.418 e. The highest BCUT2D eigenvalue weighted by Gasteiger charge is 2.48. The van der Waals surface area contributed by atoms with Crippen molar-refractivity contribution >= 4 is 52.2 Å². The van der Waals surface area contributed by atoms with Gasteiger partial charge in [0.1, 0.15) is 33.9 Å². The summed E-state index contributed by atoms with van der Waals surface area (Å²) in [5, 5.41) is 0.0863. The molecule has 1 aliphatic rings. The predicted octanol–water partition coefficient (Wildman–Crippen LogP) is 5.02. The SMILES string of the molecule is Cc1cc(N2C(=O)N(C(=O)OC(C)(C)C)C[C@H]2C(=O)N(C)c2ccc(F)c(Cl)c2F)nc2c1ccn2C. The number of hydrogen-bond acceptors (Lipinski definition) is 5. The van der Waals surface area contributed by atoms with Crippen molar-refractivity contribution in [2.45, 2.75) is 39.3 Å². The number of carbonyl (C=O) groups is 3. The van der Waals surface area contributed by atoms with Gasteiger partial charge in [-0.2, -0.15) is 0 Å². The van der Waals surface area contributed by atoms with E-state index in [-0.39, 0.29) is 18.1 Å². The van der Waals surface area contributed by atoms with E-state index in [4.69, 9.17) is 16.3 Å². The second-order valence-corrected chi connectivity index (χ2v) is 10.2. The van der Waals surface area contributed by atoms with Crippen LogP contribution in [-0.2, 0) is 16.6 Å². The number of likely N-dealkylation sites (N-methyl/N-ethyl adjacent to an activating group) is 1. The number of amides is 4. The number of imide groups is 1. The van der Waals surface area contributed by atoms with Gasteiger partial charge in [0.2, 0.25) is 0 Å². The topological polar surface area (TPSA) is 88.0 Å². The van der Waals surface area contributed by atoms with Gasteiger partial charge in [0.05, 0.1) is 12.2 Å². The van der Waals surface area contributed by atoms with Crippen LogP contribution in [0.5, 0.6) is 0 Å². The minimum absolute atomic E-state index is 0.132. The Labute approximate surface area is 217 Å². The number of halogens is 3. The van der Waals surface area contributed by atoms with Gasteiger partial charge in [0.25, 0.3) is 5.91 Å². The zero-order valence-corrected chi connectivity index (χ0v) is 21.9. The molecule has 0 N–H and O–H groups in total. The molecule has 0 aliphatic carbocycles. The molecule has 1 fully saturated rings. The molecule has 3 heterocycles. The van der Waals surface area contributed by atoms with E-state index in [2.05, 4.69) is 4.98 Å². The van der Waals surface area contributed by atoms with E-state index in [0.717, 1.165) is 37.8 Å². The number of aryl methyl sites for hydroxylation is 2. The maximum atomic E-state index is 14.7. The van der Waals surface area contributed by atoms with Crippen LogP contribution < -0.4 is 9.80 Å². The molecule has 0 bridgehead atoms. The molecule has 0 radical (unpaired) electrons. The summed E-state index contributed by atoms with van der Waals surface area (Å²) in [4.78, 5) is 47.5. The lowest BCUT2D eigenvalue weighted by Crippen LogP contribution is -2.47. The Hall–Kier alpha value is -3.73. The van der Waals surface area contributed by atoms with Crippen molar-refractivity contribution in [2.24, 2.45) is 7.05 Å². The Bertz CT molecular complexity index is 1430. The van der Waals surface area contributed by atoms with Gasteiger partial charge in [0.15, 0.2) is 5.82 Å². The van der Waals surface area contributed by atoms with Gasteiger partial charge in [0, 0.05) is 25.7 Å². The lowest BCUT2D eigenvalue weighted by molar-refractivity contribution is -0.119. The van der Waals surface area contributed by atoms with E-state index in [1.807, 2.05) is 19.2 Å². The molecular formula is C25H26ClF2N5O4. The number of hydrogen-bond donors (Lipinski definition) is 0. The van der Waals surface area contributed by atoms with Crippen LogP contribution in [0.4, 0.5) is 29.9 Å². The molecular weight excluding hydrogens is 508 g/mol. The van der Waals surface area contributed by atoms with Crippen LogP contribution in [0.15, 0.2) is 30.5 Å². The lowest BCUT2D eigenvalue weighted by atomic mass is 10.1. The van der Waals surface area contributed by atoms with E-state index in [1.165, 1.54) is 7.05 Å². The largest absolute Gasteiger partial charge is 0.443 e. The fourth-order valence-corrected chi connectivity index (χ4v) is 4.29. The lowest BCUT2D eigenvalue weighted by Gasteiger charge is -2.27. The molecule has 12 heteroatoms. The molecule has 0 spiro atoms. The molecule has 4 rings (SSSR count). The number of carbonyl (C=O) groups excluding carboxylic acids is 3. The Balaban J connectivity index is 1.79. The van der Waals surface area contributed by atoms with Crippen LogP contribution in [0, 0.1) is 18.6 Å². The van der Waals surface area contributed by atoms with Crippen molar-refractivity contribution in [3.8, 4) is 0 Å². The van der Waals surface area contributed by atoms with Gasteiger partial charge in [-0.1, -0.05) is 11.6 Å². The summed E-state index contributed by atoms with van der Waals surface area (Å²) in [5.74, 6) is -2.72. The van der Waals surface area contributed by atoms with Gasteiger partial charge < -0.3 is 14.2 Å². The highest BCUT2D eigenvalue weighted by Crippen LogP contribution is 2.32. The Morgan fingerprint density at radius 2 is 1.89 bits per heavy atom. The number of aromatic nitrogens is 2. The first-order chi connectivity index (χ1) is 17.2. The van der Waals surface area contributed by atoms with Gasteiger partial charge in [-0.05, 0) is 57.5 Å². The molecule has 37 heavy (non-hydrogen) atoms. The number of nitrogens with zero attached hydrogens (tertiary/aromatic N) is 5. The Morgan fingerprint density at radius 1 is 1.22 bits per heavy atom. The average Bonchev–Trinajstić information content (AvgIpc) is 3.36. The third-order valence-electron chi connectivity index (χ3n) is 5.99. The molecule has 0 saturated carbocycles. The minimum atomic E-state index is -1.28. The zero-order chi connectivity index (χ0) is 27.4. The van der Waals surface area contributed by atoms with Crippen molar-refractivity contribution < 1.29 is 27.9 Å². The summed E-state index contributed by atoms with van der Waals surface area (Å²) in [7, 11) is 3.06. The number of fused-ring (bicyclic) bond motifs is 1. The second kappa shape index (κ2) is 9.29. The summed E-state index contributed by atoms with van der Waals surface area (Å²) < 4.78 is 35.6. The molecule has 1 aliphatic heterocycles. The number of rotatable bonds is 3. The standard InChI is InChI=1S/C25H26ClF2N5O4/c1-13-11-18(29-21-14(13)9-10-30(21)5)33-17(12-32(23(33)35)24(36)37-25(2,3)4)22(34)31(6)16-8-7-15(27)19(26)20(16)28/h7-11,17H,12H2,1-6H3/t17-/m0/s1. The molecule has 196 valence electrons. The summed E-state index contributed by atoms with van der Waals surface area (Å²) in [6.45, 7) is 6.40. The third kappa shape index (κ3) is 4.71. The van der Waals surface area contributed by atoms with Gasteiger partial charge in [-0.3, -0.25) is 9.69 Å². The molecule has 0 unspecified atom stereocenters. The molecule has 1 saturated heterocycles.